The maximum atomic E-state index is 14.1. The lowest BCUT2D eigenvalue weighted by molar-refractivity contribution is 0.565. The number of hydrogen-bond donors (Lipinski definition) is 0. The molecule has 0 fully saturated rings. The van der Waals surface area contributed by atoms with E-state index in [4.69, 9.17) is 0 Å². The van der Waals surface area contributed by atoms with E-state index in [-0.39, 0.29) is 5.82 Å². The average molecular weight is 221 g/mol. The summed E-state index contributed by atoms with van der Waals surface area (Å²) in [4.78, 5) is 13.9. The number of benzene rings is 1. The number of rotatable bonds is 4. The van der Waals surface area contributed by atoms with Crippen LogP contribution in [0, 0.1) is 5.82 Å². The molecule has 0 bridgehead atoms. The molecule has 0 spiro atoms. The van der Waals surface area contributed by atoms with Crippen molar-refractivity contribution < 1.29 is 9.18 Å². The van der Waals surface area contributed by atoms with Crippen LogP contribution in [0.5, 0.6) is 0 Å². The number of isocyanates is 1. The third kappa shape index (κ3) is 2.20. The molecule has 1 rings (SSSR count). The minimum atomic E-state index is -0.210. The molecule has 0 radical (unpaired) electrons. The Labute approximate surface area is 95.2 Å². The molecule has 3 heteroatoms. The summed E-state index contributed by atoms with van der Waals surface area (Å²) in [5.41, 5.74) is 2.59. The Kier molecular flexibility index (Phi) is 4.39. The Morgan fingerprint density at radius 2 is 1.81 bits per heavy atom. The Balaban J connectivity index is 3.53. The Hall–Kier alpha value is -1.47. The van der Waals surface area contributed by atoms with E-state index in [1.54, 1.807) is 6.07 Å². The number of aliphatic imine (C=N–C) groups is 1. The summed E-state index contributed by atoms with van der Waals surface area (Å²) in [6.45, 7) is 5.75. The quantitative estimate of drug-likeness (QED) is 0.565. The summed E-state index contributed by atoms with van der Waals surface area (Å²) in [7, 11) is 0. The largest absolute Gasteiger partial charge is 0.240 e. The van der Waals surface area contributed by atoms with Crippen molar-refractivity contribution >= 4 is 11.8 Å². The lowest BCUT2D eigenvalue weighted by Crippen LogP contribution is -2.01. The van der Waals surface area contributed by atoms with Crippen molar-refractivity contribution in [3.63, 3.8) is 0 Å². The topological polar surface area (TPSA) is 29.4 Å². The van der Waals surface area contributed by atoms with Crippen molar-refractivity contribution in [2.45, 2.75) is 40.0 Å². The number of carbonyl (C=O) groups excluding carboxylic acids is 1. The van der Waals surface area contributed by atoms with Crippen molar-refractivity contribution in [1.29, 1.82) is 0 Å². The smallest absolute Gasteiger partial charge is 0.211 e. The second-order valence-electron chi connectivity index (χ2n) is 3.59. The standard InChI is InChI=1S/C13H16FNO/c1-4-9-7-12(15-8-16)11(6-3)13(14)10(9)5-2/h7H,4-6H2,1-3H3. The van der Waals surface area contributed by atoms with Crippen LogP contribution in [0.25, 0.3) is 0 Å². The molecule has 1 aromatic carbocycles. The van der Waals surface area contributed by atoms with E-state index in [2.05, 4.69) is 4.99 Å². The van der Waals surface area contributed by atoms with Crippen LogP contribution in [0.4, 0.5) is 10.1 Å². The van der Waals surface area contributed by atoms with Gasteiger partial charge in [0.2, 0.25) is 6.08 Å². The second-order valence-corrected chi connectivity index (χ2v) is 3.59. The lowest BCUT2D eigenvalue weighted by Gasteiger charge is -2.12. The Morgan fingerprint density at radius 3 is 2.25 bits per heavy atom. The number of halogens is 1. The Bertz CT molecular complexity index is 434. The predicted octanol–water partition coefficient (Wildman–Crippen LogP) is 3.48. The number of hydrogen-bond acceptors (Lipinski definition) is 2. The molecule has 1 aromatic rings. The highest BCUT2D eigenvalue weighted by molar-refractivity contribution is 5.57. The van der Waals surface area contributed by atoms with Gasteiger partial charge in [0.05, 0.1) is 5.69 Å². The van der Waals surface area contributed by atoms with Crippen LogP contribution in [0.15, 0.2) is 11.1 Å². The van der Waals surface area contributed by atoms with Gasteiger partial charge in [-0.2, -0.15) is 4.99 Å². The molecule has 0 N–H and O–H groups in total. The molecule has 0 unspecified atom stereocenters. The summed E-state index contributed by atoms with van der Waals surface area (Å²) in [5, 5.41) is 0. The molecule has 0 aromatic heterocycles. The van der Waals surface area contributed by atoms with E-state index in [1.807, 2.05) is 20.8 Å². The SMILES string of the molecule is CCc1cc(N=C=O)c(CC)c(F)c1CC. The molecule has 0 heterocycles. The molecular weight excluding hydrogens is 205 g/mol. The van der Waals surface area contributed by atoms with E-state index in [0.717, 1.165) is 17.5 Å². The van der Waals surface area contributed by atoms with Crippen LogP contribution in [0.3, 0.4) is 0 Å². The van der Waals surface area contributed by atoms with Crippen molar-refractivity contribution in [3.8, 4) is 0 Å². The minimum Gasteiger partial charge on any atom is -0.211 e. The third-order valence-corrected chi connectivity index (χ3v) is 2.79. The van der Waals surface area contributed by atoms with Crippen LogP contribution in [0.1, 0.15) is 37.5 Å². The van der Waals surface area contributed by atoms with Crippen molar-refractivity contribution in [2.24, 2.45) is 4.99 Å². The fraction of sp³-hybridized carbons (Fsp3) is 0.462. The van der Waals surface area contributed by atoms with Gasteiger partial charge in [-0.15, -0.1) is 0 Å². The van der Waals surface area contributed by atoms with Gasteiger partial charge in [-0.3, -0.25) is 0 Å². The van der Waals surface area contributed by atoms with Crippen molar-refractivity contribution in [3.05, 3.63) is 28.6 Å². The van der Waals surface area contributed by atoms with Gasteiger partial charge in [0.15, 0.2) is 0 Å². The van der Waals surface area contributed by atoms with Crippen molar-refractivity contribution in [2.75, 3.05) is 0 Å². The molecule has 0 aliphatic carbocycles. The van der Waals surface area contributed by atoms with E-state index in [0.29, 0.717) is 24.1 Å². The van der Waals surface area contributed by atoms with Crippen LogP contribution in [0.2, 0.25) is 0 Å². The molecule has 0 saturated carbocycles. The van der Waals surface area contributed by atoms with Gasteiger partial charge in [-0.1, -0.05) is 20.8 Å². The number of nitrogens with zero attached hydrogens (tertiary/aromatic N) is 1. The van der Waals surface area contributed by atoms with Crippen LogP contribution >= 0.6 is 0 Å². The second kappa shape index (κ2) is 5.57. The van der Waals surface area contributed by atoms with Gasteiger partial charge in [0, 0.05) is 5.56 Å². The molecular formula is C13H16FNO. The third-order valence-electron chi connectivity index (χ3n) is 2.79. The molecule has 2 nitrogen and oxygen atoms in total. The highest BCUT2D eigenvalue weighted by atomic mass is 19.1. The maximum absolute atomic E-state index is 14.1. The van der Waals surface area contributed by atoms with E-state index in [1.165, 1.54) is 6.08 Å². The first-order chi connectivity index (χ1) is 7.69. The first kappa shape index (κ1) is 12.6. The monoisotopic (exact) mass is 221 g/mol. The normalized spacial score (nSPS) is 10.0. The highest BCUT2D eigenvalue weighted by Gasteiger charge is 2.14. The lowest BCUT2D eigenvalue weighted by atomic mass is 9.96. The molecule has 86 valence electrons. The van der Waals surface area contributed by atoms with E-state index in [9.17, 15) is 9.18 Å². The minimum absolute atomic E-state index is 0.210. The summed E-state index contributed by atoms with van der Waals surface area (Å²) in [5.74, 6) is -0.210. The van der Waals surface area contributed by atoms with Crippen LogP contribution in [-0.4, -0.2) is 6.08 Å². The Morgan fingerprint density at radius 1 is 1.19 bits per heavy atom. The number of aryl methyl sites for hydroxylation is 1. The summed E-state index contributed by atoms with van der Waals surface area (Å²) < 4.78 is 14.1. The highest BCUT2D eigenvalue weighted by Crippen LogP contribution is 2.29. The molecule has 16 heavy (non-hydrogen) atoms. The summed E-state index contributed by atoms with van der Waals surface area (Å²) in [6.07, 6.45) is 3.42. The average Bonchev–Trinajstić information content (AvgIpc) is 2.29. The van der Waals surface area contributed by atoms with Gasteiger partial charge in [0.1, 0.15) is 5.82 Å². The van der Waals surface area contributed by atoms with E-state index < -0.39 is 0 Å². The molecule has 0 amide bonds. The van der Waals surface area contributed by atoms with Crippen LogP contribution < -0.4 is 0 Å². The van der Waals surface area contributed by atoms with Gasteiger partial charge in [0.25, 0.3) is 0 Å². The zero-order valence-corrected chi connectivity index (χ0v) is 9.93. The van der Waals surface area contributed by atoms with Gasteiger partial charge in [-0.05, 0) is 36.5 Å². The zero-order valence-electron chi connectivity index (χ0n) is 9.93. The summed E-state index contributed by atoms with van der Waals surface area (Å²) in [6, 6.07) is 1.80. The van der Waals surface area contributed by atoms with E-state index >= 15 is 0 Å². The predicted molar refractivity (Wildman–Crippen MR) is 62.3 cm³/mol. The molecule has 0 atom stereocenters. The molecule has 0 aliphatic rings. The van der Waals surface area contributed by atoms with Gasteiger partial charge >= 0.3 is 0 Å². The fourth-order valence-corrected chi connectivity index (χ4v) is 1.96. The van der Waals surface area contributed by atoms with Gasteiger partial charge in [-0.25, -0.2) is 9.18 Å². The van der Waals surface area contributed by atoms with Gasteiger partial charge < -0.3 is 0 Å². The van der Waals surface area contributed by atoms with Crippen molar-refractivity contribution in [1.82, 2.24) is 0 Å². The maximum Gasteiger partial charge on any atom is 0.240 e. The van der Waals surface area contributed by atoms with Crippen LogP contribution in [-0.2, 0) is 24.1 Å². The first-order valence-corrected chi connectivity index (χ1v) is 5.60. The molecule has 0 saturated heterocycles. The fourth-order valence-electron chi connectivity index (χ4n) is 1.96. The first-order valence-electron chi connectivity index (χ1n) is 5.60. The summed E-state index contributed by atoms with van der Waals surface area (Å²) >= 11 is 0. The molecule has 0 aliphatic heterocycles. The zero-order chi connectivity index (χ0) is 12.1.